The Labute approximate surface area is 169 Å². The minimum atomic E-state index is -0.0401. The smallest absolute Gasteiger partial charge is 0.192 e. The first-order chi connectivity index (χ1) is 13.2. The van der Waals surface area contributed by atoms with E-state index in [0.717, 1.165) is 27.1 Å². The van der Waals surface area contributed by atoms with Gasteiger partial charge in [-0.3, -0.25) is 0 Å². The second-order valence-electron chi connectivity index (χ2n) is 6.49. The van der Waals surface area contributed by atoms with Crippen LogP contribution in [0.25, 0.3) is 0 Å². The Kier molecular flexibility index (Phi) is 5.33. The minimum absolute atomic E-state index is 0.0294. The highest BCUT2D eigenvalue weighted by atomic mass is 35.5. The van der Waals surface area contributed by atoms with E-state index in [9.17, 15) is 0 Å². The molecule has 1 aliphatic heterocycles. The number of hydrogen-bond acceptors (Lipinski definition) is 3. The zero-order chi connectivity index (χ0) is 18.6. The molecule has 27 heavy (non-hydrogen) atoms. The van der Waals surface area contributed by atoms with Gasteiger partial charge in [0.2, 0.25) is 0 Å². The van der Waals surface area contributed by atoms with Gasteiger partial charge in [-0.05, 0) is 41.0 Å². The summed E-state index contributed by atoms with van der Waals surface area (Å²) < 4.78 is 0. The summed E-state index contributed by atoms with van der Waals surface area (Å²) in [5.74, 6) is 0.791. The third kappa shape index (κ3) is 4.26. The van der Waals surface area contributed by atoms with Gasteiger partial charge in [0.1, 0.15) is 6.04 Å². The van der Waals surface area contributed by atoms with E-state index < -0.39 is 0 Å². The number of nitrogens with zero attached hydrogens (tertiary/aromatic N) is 1. The van der Waals surface area contributed by atoms with E-state index in [-0.39, 0.29) is 12.1 Å². The molecule has 2 unspecified atom stereocenters. The van der Waals surface area contributed by atoms with Gasteiger partial charge >= 0.3 is 0 Å². The van der Waals surface area contributed by atoms with Crippen molar-refractivity contribution in [1.29, 1.82) is 0 Å². The number of aliphatic imine (C=N–C) groups is 1. The van der Waals surface area contributed by atoms with E-state index >= 15 is 0 Å². The van der Waals surface area contributed by atoms with Crippen LogP contribution in [0.5, 0.6) is 0 Å². The Balaban J connectivity index is 1.58. The van der Waals surface area contributed by atoms with E-state index in [4.69, 9.17) is 28.2 Å². The first kappa shape index (κ1) is 17.9. The largest absolute Gasteiger partial charge is 0.352 e. The number of hydrogen-bond donors (Lipinski definition) is 2. The molecule has 4 rings (SSSR count). The Morgan fingerprint density at radius 1 is 0.778 bits per heavy atom. The molecule has 0 saturated heterocycles. The van der Waals surface area contributed by atoms with Gasteiger partial charge in [-0.15, -0.1) is 0 Å². The average Bonchev–Trinajstić information content (AvgIpc) is 3.13. The maximum absolute atomic E-state index is 6.06. The van der Waals surface area contributed by atoms with Crippen LogP contribution in [0.3, 0.4) is 0 Å². The molecule has 136 valence electrons. The second kappa shape index (κ2) is 8.03. The van der Waals surface area contributed by atoms with E-state index in [0.29, 0.717) is 6.54 Å². The van der Waals surface area contributed by atoms with Crippen molar-refractivity contribution in [2.45, 2.75) is 18.6 Å². The van der Waals surface area contributed by atoms with Gasteiger partial charge < -0.3 is 10.6 Å². The van der Waals surface area contributed by atoms with Crippen LogP contribution in [0.2, 0.25) is 10.0 Å². The molecule has 1 aliphatic rings. The van der Waals surface area contributed by atoms with Gasteiger partial charge in [0.25, 0.3) is 0 Å². The molecule has 3 aromatic carbocycles. The molecule has 0 spiro atoms. The fraction of sp³-hybridized carbons (Fsp3) is 0.136. The summed E-state index contributed by atoms with van der Waals surface area (Å²) in [5.41, 5.74) is 3.46. The van der Waals surface area contributed by atoms with Crippen molar-refractivity contribution in [2.24, 2.45) is 4.99 Å². The lowest BCUT2D eigenvalue weighted by atomic mass is 9.95. The van der Waals surface area contributed by atoms with E-state index in [1.165, 1.54) is 5.56 Å². The summed E-state index contributed by atoms with van der Waals surface area (Å²) in [6, 6.07) is 26.0. The maximum Gasteiger partial charge on any atom is 0.192 e. The molecule has 0 aromatic heterocycles. The second-order valence-corrected chi connectivity index (χ2v) is 7.36. The molecular formula is C22H19Cl2N3. The number of rotatable bonds is 4. The molecule has 0 saturated carbocycles. The molecule has 0 radical (unpaired) electrons. The van der Waals surface area contributed by atoms with Crippen molar-refractivity contribution in [3.8, 4) is 0 Å². The fourth-order valence-electron chi connectivity index (χ4n) is 3.22. The number of benzene rings is 3. The van der Waals surface area contributed by atoms with Crippen molar-refractivity contribution >= 4 is 29.2 Å². The SMILES string of the molecule is Clc1ccc(C2N=C(NCc3ccccc3)NC2c2ccc(Cl)cc2)cc1. The van der Waals surface area contributed by atoms with Gasteiger partial charge in [-0.1, -0.05) is 77.8 Å². The van der Waals surface area contributed by atoms with Gasteiger partial charge in [-0.25, -0.2) is 4.99 Å². The van der Waals surface area contributed by atoms with Crippen LogP contribution in [-0.4, -0.2) is 5.96 Å². The molecule has 5 heteroatoms. The molecule has 2 N–H and O–H groups in total. The topological polar surface area (TPSA) is 36.4 Å². The predicted molar refractivity (Wildman–Crippen MR) is 112 cm³/mol. The first-order valence-electron chi connectivity index (χ1n) is 8.82. The van der Waals surface area contributed by atoms with E-state index in [1.807, 2.05) is 66.7 Å². The van der Waals surface area contributed by atoms with Crippen molar-refractivity contribution in [1.82, 2.24) is 10.6 Å². The summed E-state index contributed by atoms with van der Waals surface area (Å²) in [6.07, 6.45) is 0. The van der Waals surface area contributed by atoms with Gasteiger partial charge in [0, 0.05) is 16.6 Å². The van der Waals surface area contributed by atoms with Gasteiger partial charge in [0.15, 0.2) is 5.96 Å². The molecule has 0 amide bonds. The predicted octanol–water partition coefficient (Wildman–Crippen LogP) is 5.52. The quantitative estimate of drug-likeness (QED) is 0.609. The lowest BCUT2D eigenvalue weighted by molar-refractivity contribution is 0.570. The van der Waals surface area contributed by atoms with Crippen LogP contribution in [0.4, 0.5) is 0 Å². The van der Waals surface area contributed by atoms with Gasteiger partial charge in [0.05, 0.1) is 6.04 Å². The number of guanidine groups is 1. The van der Waals surface area contributed by atoms with Crippen molar-refractivity contribution in [3.05, 3.63) is 106 Å². The Morgan fingerprint density at radius 2 is 1.37 bits per heavy atom. The van der Waals surface area contributed by atoms with Crippen LogP contribution in [0.1, 0.15) is 28.8 Å². The summed E-state index contributed by atoms with van der Waals surface area (Å²) in [4.78, 5) is 4.90. The zero-order valence-electron chi connectivity index (χ0n) is 14.6. The maximum atomic E-state index is 6.06. The number of nitrogens with one attached hydrogen (secondary N) is 2. The van der Waals surface area contributed by atoms with Crippen molar-refractivity contribution < 1.29 is 0 Å². The molecule has 2 atom stereocenters. The van der Waals surface area contributed by atoms with Crippen molar-refractivity contribution in [3.63, 3.8) is 0 Å². The molecule has 3 nitrogen and oxygen atoms in total. The molecule has 0 bridgehead atoms. The van der Waals surface area contributed by atoms with Crippen LogP contribution in [-0.2, 0) is 6.54 Å². The van der Waals surface area contributed by atoms with Gasteiger partial charge in [-0.2, -0.15) is 0 Å². The average molecular weight is 396 g/mol. The van der Waals surface area contributed by atoms with Crippen LogP contribution >= 0.6 is 23.2 Å². The first-order valence-corrected chi connectivity index (χ1v) is 9.58. The summed E-state index contributed by atoms with van der Waals surface area (Å²) >= 11 is 12.1. The molecule has 1 heterocycles. The molecule has 0 fully saturated rings. The summed E-state index contributed by atoms with van der Waals surface area (Å²) in [5, 5.41) is 8.38. The molecule has 3 aromatic rings. The monoisotopic (exact) mass is 395 g/mol. The number of halogens is 2. The van der Waals surface area contributed by atoms with Crippen LogP contribution in [0.15, 0.2) is 83.9 Å². The lowest BCUT2D eigenvalue weighted by Gasteiger charge is -2.19. The molecule has 0 aliphatic carbocycles. The highest BCUT2D eigenvalue weighted by molar-refractivity contribution is 6.30. The van der Waals surface area contributed by atoms with Crippen molar-refractivity contribution in [2.75, 3.05) is 0 Å². The highest BCUT2D eigenvalue weighted by Crippen LogP contribution is 2.36. The standard InChI is InChI=1S/C22H19Cl2N3/c23-18-10-6-16(7-11-18)20-21(17-8-12-19(24)13-9-17)27-22(26-20)25-14-15-4-2-1-3-5-15/h1-13,20-21H,14H2,(H2,25,26,27). The normalized spacial score (nSPS) is 18.7. The van der Waals surface area contributed by atoms with Crippen LogP contribution < -0.4 is 10.6 Å². The zero-order valence-corrected chi connectivity index (χ0v) is 16.1. The van der Waals surface area contributed by atoms with E-state index in [1.54, 1.807) is 0 Å². The Bertz CT molecular complexity index is 922. The Hall–Kier alpha value is -2.49. The third-order valence-corrected chi connectivity index (χ3v) is 5.12. The summed E-state index contributed by atoms with van der Waals surface area (Å²) in [7, 11) is 0. The lowest BCUT2D eigenvalue weighted by Crippen LogP contribution is -2.35. The fourth-order valence-corrected chi connectivity index (χ4v) is 3.47. The third-order valence-electron chi connectivity index (χ3n) is 4.62. The molecular weight excluding hydrogens is 377 g/mol. The highest BCUT2D eigenvalue weighted by Gasteiger charge is 2.31. The summed E-state index contributed by atoms with van der Waals surface area (Å²) in [6.45, 7) is 0.716. The minimum Gasteiger partial charge on any atom is -0.352 e. The van der Waals surface area contributed by atoms with E-state index in [2.05, 4.69) is 22.8 Å². The Morgan fingerprint density at radius 3 is 2.00 bits per heavy atom. The van der Waals surface area contributed by atoms with Crippen LogP contribution in [0, 0.1) is 0 Å².